The van der Waals surface area contributed by atoms with Crippen LogP contribution in [0.5, 0.6) is 0 Å². The number of ether oxygens (including phenoxy) is 2. The van der Waals surface area contributed by atoms with Crippen molar-refractivity contribution in [2.75, 3.05) is 47.5 Å². The van der Waals surface area contributed by atoms with Crippen LogP contribution in [0.1, 0.15) is 206 Å². The normalized spacial score (nSPS) is 14.0. The fraction of sp³-hybridized carbons (Fsp3) is 0.769. The molecule has 0 aromatic carbocycles. The second-order valence-electron chi connectivity index (χ2n) is 17.8. The molecule has 10 heteroatoms. The van der Waals surface area contributed by atoms with E-state index in [1.54, 1.807) is 0 Å². The number of allylic oxidation sites excluding steroid dienone is 10. The van der Waals surface area contributed by atoms with Crippen molar-refractivity contribution in [2.45, 2.75) is 213 Å². The van der Waals surface area contributed by atoms with E-state index in [4.69, 9.17) is 18.5 Å². The van der Waals surface area contributed by atoms with E-state index < -0.39 is 32.5 Å². The predicted octanol–water partition coefficient (Wildman–Crippen LogP) is 14.2. The molecule has 9 nitrogen and oxygen atoms in total. The minimum absolute atomic E-state index is 0.0353. The maximum absolute atomic E-state index is 12.7. The number of unbranched alkanes of at least 4 members (excludes halogenated alkanes) is 21. The number of hydrogen-bond donors (Lipinski definition) is 0. The summed E-state index contributed by atoms with van der Waals surface area (Å²) in [4.78, 5) is 37.7. The zero-order valence-electron chi connectivity index (χ0n) is 40.6. The van der Waals surface area contributed by atoms with Gasteiger partial charge in [0, 0.05) is 12.8 Å². The summed E-state index contributed by atoms with van der Waals surface area (Å²) in [6, 6.07) is 0. The molecule has 62 heavy (non-hydrogen) atoms. The molecule has 0 aromatic heterocycles. The van der Waals surface area contributed by atoms with E-state index in [1.807, 2.05) is 21.1 Å². The van der Waals surface area contributed by atoms with E-state index in [0.717, 1.165) is 83.5 Å². The molecule has 0 aliphatic carbocycles. The molecule has 0 rings (SSSR count). The van der Waals surface area contributed by atoms with E-state index in [-0.39, 0.29) is 26.1 Å². The van der Waals surface area contributed by atoms with Crippen molar-refractivity contribution in [3.8, 4) is 0 Å². The first-order valence-corrected chi connectivity index (χ1v) is 26.5. The number of rotatable bonds is 45. The fourth-order valence-corrected chi connectivity index (χ4v) is 7.37. The Morgan fingerprint density at radius 2 is 0.919 bits per heavy atom. The molecular formula is C52H94NO8P. The van der Waals surface area contributed by atoms with Gasteiger partial charge in [-0.1, -0.05) is 177 Å². The summed E-state index contributed by atoms with van der Waals surface area (Å²) in [6.07, 6.45) is 53.8. The summed E-state index contributed by atoms with van der Waals surface area (Å²) in [5, 5.41) is 0. The molecule has 0 heterocycles. The Morgan fingerprint density at radius 3 is 1.39 bits per heavy atom. The SMILES string of the molecule is CC/C=C\C/C=C\C/C=C\C/C=C\CCCCCCCCCCC(=O)OC(COC(=O)CCCCCCCCC/C=C\CCCCCCCC)COP(=O)([O-])OCC[N+](C)(C)C. The van der Waals surface area contributed by atoms with Gasteiger partial charge in [0.05, 0.1) is 27.7 Å². The van der Waals surface area contributed by atoms with E-state index >= 15 is 0 Å². The quantitative estimate of drug-likeness (QED) is 0.0195. The average Bonchev–Trinajstić information content (AvgIpc) is 3.23. The second kappa shape index (κ2) is 43.9. The molecule has 360 valence electrons. The zero-order chi connectivity index (χ0) is 45.7. The third kappa shape index (κ3) is 47.2. The Kier molecular flexibility index (Phi) is 42.3. The van der Waals surface area contributed by atoms with Gasteiger partial charge in [-0.05, 0) is 77.0 Å². The monoisotopic (exact) mass is 892 g/mol. The van der Waals surface area contributed by atoms with Crippen molar-refractivity contribution in [3.63, 3.8) is 0 Å². The second-order valence-corrected chi connectivity index (χ2v) is 19.2. The minimum atomic E-state index is -4.63. The lowest BCUT2D eigenvalue weighted by Crippen LogP contribution is -2.37. The van der Waals surface area contributed by atoms with E-state index in [2.05, 4.69) is 74.6 Å². The number of quaternary nitrogens is 1. The Bertz CT molecular complexity index is 1240. The number of phosphoric acid groups is 1. The van der Waals surface area contributed by atoms with Crippen LogP contribution in [0.3, 0.4) is 0 Å². The zero-order valence-corrected chi connectivity index (χ0v) is 41.4. The van der Waals surface area contributed by atoms with Crippen LogP contribution < -0.4 is 4.89 Å². The molecular weight excluding hydrogens is 798 g/mol. The van der Waals surface area contributed by atoms with Gasteiger partial charge in [-0.2, -0.15) is 0 Å². The summed E-state index contributed by atoms with van der Waals surface area (Å²) in [7, 11) is 1.15. The van der Waals surface area contributed by atoms with Gasteiger partial charge in [0.2, 0.25) is 0 Å². The van der Waals surface area contributed by atoms with Crippen molar-refractivity contribution in [3.05, 3.63) is 60.8 Å². The lowest BCUT2D eigenvalue weighted by molar-refractivity contribution is -0.870. The first-order valence-electron chi connectivity index (χ1n) is 25.0. The summed E-state index contributed by atoms with van der Waals surface area (Å²) in [6.45, 7) is 4.11. The van der Waals surface area contributed by atoms with E-state index in [9.17, 15) is 19.0 Å². The molecule has 0 bridgehead atoms. The van der Waals surface area contributed by atoms with Crippen LogP contribution >= 0.6 is 7.82 Å². The number of carbonyl (C=O) groups is 2. The Morgan fingerprint density at radius 1 is 0.516 bits per heavy atom. The number of carbonyl (C=O) groups excluding carboxylic acids is 2. The molecule has 0 radical (unpaired) electrons. The Hall–Kier alpha value is -2.29. The van der Waals surface area contributed by atoms with Crippen molar-refractivity contribution >= 4 is 19.8 Å². The molecule has 0 fully saturated rings. The molecule has 2 atom stereocenters. The number of nitrogens with zero attached hydrogens (tertiary/aromatic N) is 1. The predicted molar refractivity (Wildman–Crippen MR) is 259 cm³/mol. The largest absolute Gasteiger partial charge is 0.756 e. The molecule has 0 aromatic rings. The van der Waals surface area contributed by atoms with Gasteiger partial charge in [0.1, 0.15) is 19.8 Å². The van der Waals surface area contributed by atoms with Crippen LogP contribution in [0.4, 0.5) is 0 Å². The molecule has 0 spiro atoms. The molecule has 0 N–H and O–H groups in total. The van der Waals surface area contributed by atoms with Gasteiger partial charge >= 0.3 is 11.9 Å². The van der Waals surface area contributed by atoms with Gasteiger partial charge in [0.15, 0.2) is 6.10 Å². The van der Waals surface area contributed by atoms with Crippen LogP contribution in [0.15, 0.2) is 60.8 Å². The standard InChI is InChI=1S/C52H94NO8P/c1-6-8-10-12-14-16-18-20-22-24-25-26-27-29-31-33-35-37-39-41-43-45-52(55)61-50(49-60-62(56,57)59-47-46-53(3,4)5)48-58-51(54)44-42-40-38-36-34-32-30-28-23-21-19-17-15-13-11-9-7-2/h8,10,14,16,20-23,25-26,50H,6-7,9,11-13,15,17-19,24,27-49H2,1-5H3/b10-8-,16-14-,22-20-,23-21-,26-25-. The van der Waals surface area contributed by atoms with Crippen molar-refractivity contribution in [1.82, 2.24) is 0 Å². The molecule has 0 saturated heterocycles. The van der Waals surface area contributed by atoms with Crippen molar-refractivity contribution < 1.29 is 42.1 Å². The van der Waals surface area contributed by atoms with Gasteiger partial charge < -0.3 is 27.9 Å². The van der Waals surface area contributed by atoms with Crippen molar-refractivity contribution in [1.29, 1.82) is 0 Å². The summed E-state index contributed by atoms with van der Waals surface area (Å²) >= 11 is 0. The van der Waals surface area contributed by atoms with Gasteiger partial charge in [-0.15, -0.1) is 0 Å². The highest BCUT2D eigenvalue weighted by molar-refractivity contribution is 7.45. The van der Waals surface area contributed by atoms with Gasteiger partial charge in [-0.3, -0.25) is 14.2 Å². The number of likely N-dealkylation sites (N-methyl/N-ethyl adjacent to an activating group) is 1. The maximum Gasteiger partial charge on any atom is 0.306 e. The molecule has 0 saturated carbocycles. The lowest BCUT2D eigenvalue weighted by atomic mass is 10.1. The summed E-state index contributed by atoms with van der Waals surface area (Å²) < 4.78 is 34.0. The topological polar surface area (TPSA) is 111 Å². The highest BCUT2D eigenvalue weighted by Gasteiger charge is 2.21. The van der Waals surface area contributed by atoms with Crippen LogP contribution in [0.2, 0.25) is 0 Å². The van der Waals surface area contributed by atoms with Gasteiger partial charge in [-0.25, -0.2) is 0 Å². The smallest absolute Gasteiger partial charge is 0.306 e. The third-order valence-electron chi connectivity index (χ3n) is 10.5. The van der Waals surface area contributed by atoms with E-state index in [0.29, 0.717) is 17.4 Å². The first-order chi connectivity index (χ1) is 30.0. The molecule has 0 amide bonds. The van der Waals surface area contributed by atoms with Crippen LogP contribution in [0, 0.1) is 0 Å². The molecule has 0 aliphatic rings. The number of esters is 2. The van der Waals surface area contributed by atoms with E-state index in [1.165, 1.54) is 89.9 Å². The Labute approximate surface area is 381 Å². The molecule has 2 unspecified atom stereocenters. The van der Waals surface area contributed by atoms with Crippen molar-refractivity contribution in [2.24, 2.45) is 0 Å². The fourth-order valence-electron chi connectivity index (χ4n) is 6.64. The third-order valence-corrected chi connectivity index (χ3v) is 11.5. The average molecular weight is 892 g/mol. The van der Waals surface area contributed by atoms with Gasteiger partial charge in [0.25, 0.3) is 7.82 Å². The van der Waals surface area contributed by atoms with Crippen LogP contribution in [-0.4, -0.2) is 70.0 Å². The summed E-state index contributed by atoms with van der Waals surface area (Å²) in [5.74, 6) is -0.848. The Balaban J connectivity index is 4.30. The number of phosphoric ester groups is 1. The molecule has 0 aliphatic heterocycles. The minimum Gasteiger partial charge on any atom is -0.756 e. The first kappa shape index (κ1) is 59.7. The lowest BCUT2D eigenvalue weighted by Gasteiger charge is -2.28. The number of hydrogen-bond acceptors (Lipinski definition) is 8. The highest BCUT2D eigenvalue weighted by atomic mass is 31.2. The van der Waals surface area contributed by atoms with Crippen LogP contribution in [-0.2, 0) is 32.7 Å². The maximum atomic E-state index is 12.7. The summed E-state index contributed by atoms with van der Waals surface area (Å²) in [5.41, 5.74) is 0. The highest BCUT2D eigenvalue weighted by Crippen LogP contribution is 2.38. The van der Waals surface area contributed by atoms with Crippen LogP contribution in [0.25, 0.3) is 0 Å².